The number of nitrogens with zero attached hydrogens (tertiary/aromatic N) is 1. The van der Waals surface area contributed by atoms with E-state index in [9.17, 15) is 9.90 Å². The Morgan fingerprint density at radius 1 is 1.57 bits per heavy atom. The lowest BCUT2D eigenvalue weighted by atomic mass is 9.80. The molecule has 0 aromatic heterocycles. The molecule has 1 rings (SSSR count). The number of piperidine rings is 1. The third-order valence-electron chi connectivity index (χ3n) is 3.34. The molecule has 1 aliphatic heterocycles. The van der Waals surface area contributed by atoms with Gasteiger partial charge in [0.05, 0.1) is 12.1 Å². The van der Waals surface area contributed by atoms with Crippen molar-refractivity contribution >= 4 is 5.78 Å². The highest BCUT2D eigenvalue weighted by Gasteiger charge is 2.36. The first-order chi connectivity index (χ1) is 6.34. The number of likely N-dealkylation sites (tertiary alicyclic amines) is 1. The summed E-state index contributed by atoms with van der Waals surface area (Å²) in [7, 11) is 0. The second-order valence-electron chi connectivity index (χ2n) is 5.05. The molecule has 3 heteroatoms. The number of hydrogen-bond donors (Lipinski definition) is 1. The molecule has 1 aliphatic rings. The largest absolute Gasteiger partial charge is 0.392 e. The van der Waals surface area contributed by atoms with Gasteiger partial charge in [-0.25, -0.2) is 0 Å². The molecular formula is C11H21NO2. The lowest BCUT2D eigenvalue weighted by molar-refractivity contribution is -0.124. The second kappa shape index (κ2) is 3.99. The van der Waals surface area contributed by atoms with Crippen molar-refractivity contribution in [1.29, 1.82) is 0 Å². The molecule has 3 nitrogen and oxygen atoms in total. The second-order valence-corrected chi connectivity index (χ2v) is 5.05. The molecule has 0 bridgehead atoms. The Labute approximate surface area is 86.1 Å². The van der Waals surface area contributed by atoms with Crippen molar-refractivity contribution in [2.75, 3.05) is 13.1 Å². The molecule has 0 amide bonds. The van der Waals surface area contributed by atoms with Crippen LogP contribution in [-0.4, -0.2) is 41.0 Å². The number of rotatable bonds is 2. The highest BCUT2D eigenvalue weighted by molar-refractivity contribution is 5.80. The zero-order valence-electron chi connectivity index (χ0n) is 9.58. The van der Waals surface area contributed by atoms with Crippen LogP contribution >= 0.6 is 0 Å². The maximum atomic E-state index is 11.2. The third kappa shape index (κ3) is 2.34. The zero-order chi connectivity index (χ0) is 10.9. The Bertz CT molecular complexity index is 225. The van der Waals surface area contributed by atoms with Gasteiger partial charge in [0, 0.05) is 18.5 Å². The molecule has 14 heavy (non-hydrogen) atoms. The van der Waals surface area contributed by atoms with E-state index in [4.69, 9.17) is 0 Å². The van der Waals surface area contributed by atoms with Gasteiger partial charge in [0.15, 0.2) is 0 Å². The molecule has 0 spiro atoms. The monoisotopic (exact) mass is 199 g/mol. The lowest BCUT2D eigenvalue weighted by Gasteiger charge is -2.43. The smallest absolute Gasteiger partial charge is 0.146 e. The first kappa shape index (κ1) is 11.7. The van der Waals surface area contributed by atoms with Gasteiger partial charge in [-0.2, -0.15) is 0 Å². The summed E-state index contributed by atoms with van der Waals surface area (Å²) in [4.78, 5) is 13.4. The van der Waals surface area contributed by atoms with E-state index in [1.54, 1.807) is 6.92 Å². The summed E-state index contributed by atoms with van der Waals surface area (Å²) in [6, 6.07) is -0.0122. The normalized spacial score (nSPS) is 29.9. The van der Waals surface area contributed by atoms with E-state index in [2.05, 4.69) is 18.7 Å². The van der Waals surface area contributed by atoms with Crippen molar-refractivity contribution in [3.63, 3.8) is 0 Å². The van der Waals surface area contributed by atoms with Gasteiger partial charge >= 0.3 is 0 Å². The maximum Gasteiger partial charge on any atom is 0.146 e. The average Bonchev–Trinajstić information content (AvgIpc) is 2.08. The van der Waals surface area contributed by atoms with E-state index < -0.39 is 0 Å². The summed E-state index contributed by atoms with van der Waals surface area (Å²) in [6.45, 7) is 9.30. The molecular weight excluding hydrogens is 178 g/mol. The number of carbonyl (C=O) groups excluding carboxylic acids is 1. The number of Topliss-reactive ketones (excluding diaryl/α,β-unsaturated/α-hetero) is 1. The van der Waals surface area contributed by atoms with Crippen LogP contribution in [0.1, 0.15) is 34.1 Å². The highest BCUT2D eigenvalue weighted by atomic mass is 16.3. The molecule has 0 radical (unpaired) electrons. The van der Waals surface area contributed by atoms with Crippen LogP contribution in [0.25, 0.3) is 0 Å². The van der Waals surface area contributed by atoms with Crippen molar-refractivity contribution in [3.05, 3.63) is 0 Å². The fourth-order valence-electron chi connectivity index (χ4n) is 1.97. The van der Waals surface area contributed by atoms with Gasteiger partial charge in [-0.15, -0.1) is 0 Å². The van der Waals surface area contributed by atoms with Crippen LogP contribution in [0.4, 0.5) is 0 Å². The number of ketones is 1. The van der Waals surface area contributed by atoms with Crippen LogP contribution < -0.4 is 0 Å². The molecule has 0 saturated carbocycles. The van der Waals surface area contributed by atoms with E-state index >= 15 is 0 Å². The van der Waals surface area contributed by atoms with Crippen LogP contribution in [0, 0.1) is 5.41 Å². The van der Waals surface area contributed by atoms with Crippen LogP contribution in [-0.2, 0) is 4.79 Å². The Morgan fingerprint density at radius 2 is 2.14 bits per heavy atom. The van der Waals surface area contributed by atoms with Crippen LogP contribution in [0.2, 0.25) is 0 Å². The van der Waals surface area contributed by atoms with Crippen molar-refractivity contribution in [2.45, 2.75) is 46.3 Å². The van der Waals surface area contributed by atoms with Crippen molar-refractivity contribution < 1.29 is 9.90 Å². The molecule has 1 saturated heterocycles. The molecule has 0 aromatic carbocycles. The average molecular weight is 199 g/mol. The van der Waals surface area contributed by atoms with Gasteiger partial charge in [-0.05, 0) is 20.3 Å². The first-order valence-electron chi connectivity index (χ1n) is 5.27. The molecule has 1 fully saturated rings. The molecule has 1 N–H and O–H groups in total. The standard InChI is InChI=1S/C11H21NO2/c1-8(9(2)13)12-6-5-10(14)11(3,4)7-12/h8,10,14H,5-7H2,1-4H3. The van der Waals surface area contributed by atoms with Crippen molar-refractivity contribution in [2.24, 2.45) is 5.41 Å². The fourth-order valence-corrected chi connectivity index (χ4v) is 1.97. The van der Waals surface area contributed by atoms with Gasteiger partial charge < -0.3 is 5.11 Å². The minimum atomic E-state index is -0.238. The predicted octanol–water partition coefficient (Wildman–Crippen LogP) is 1.06. The highest BCUT2D eigenvalue weighted by Crippen LogP contribution is 2.30. The Hall–Kier alpha value is -0.410. The summed E-state index contributed by atoms with van der Waals surface area (Å²) < 4.78 is 0. The van der Waals surface area contributed by atoms with Crippen molar-refractivity contribution in [1.82, 2.24) is 4.90 Å². The van der Waals surface area contributed by atoms with E-state index in [0.717, 1.165) is 19.5 Å². The van der Waals surface area contributed by atoms with Gasteiger partial charge in [0.25, 0.3) is 0 Å². The Balaban J connectivity index is 2.64. The molecule has 2 unspecified atom stereocenters. The van der Waals surface area contributed by atoms with E-state index in [0.29, 0.717) is 0 Å². The number of aliphatic hydroxyl groups excluding tert-OH is 1. The van der Waals surface area contributed by atoms with Crippen molar-refractivity contribution in [3.8, 4) is 0 Å². The van der Waals surface area contributed by atoms with Gasteiger partial charge in [-0.3, -0.25) is 9.69 Å². The van der Waals surface area contributed by atoms with Crippen LogP contribution in [0.3, 0.4) is 0 Å². The molecule has 2 atom stereocenters. The molecule has 82 valence electrons. The minimum absolute atomic E-state index is 0.0122. The van der Waals surface area contributed by atoms with Gasteiger partial charge in [0.1, 0.15) is 5.78 Å². The topological polar surface area (TPSA) is 40.5 Å². The number of hydrogen-bond acceptors (Lipinski definition) is 3. The quantitative estimate of drug-likeness (QED) is 0.723. The van der Waals surface area contributed by atoms with Gasteiger partial charge in [-0.1, -0.05) is 13.8 Å². The first-order valence-corrected chi connectivity index (χ1v) is 5.27. The Morgan fingerprint density at radius 3 is 2.57 bits per heavy atom. The minimum Gasteiger partial charge on any atom is -0.392 e. The summed E-state index contributed by atoms with van der Waals surface area (Å²) in [5.41, 5.74) is -0.0953. The number of carbonyl (C=O) groups is 1. The van der Waals surface area contributed by atoms with E-state index in [-0.39, 0.29) is 23.3 Å². The van der Waals surface area contributed by atoms with Crippen LogP contribution in [0.15, 0.2) is 0 Å². The summed E-state index contributed by atoms with van der Waals surface area (Å²) in [6.07, 6.45) is 0.530. The van der Waals surface area contributed by atoms with Crippen LogP contribution in [0.5, 0.6) is 0 Å². The van der Waals surface area contributed by atoms with E-state index in [1.165, 1.54) is 0 Å². The van der Waals surface area contributed by atoms with Gasteiger partial charge in [0.2, 0.25) is 0 Å². The summed E-state index contributed by atoms with van der Waals surface area (Å²) in [5.74, 6) is 0.206. The summed E-state index contributed by atoms with van der Waals surface area (Å²) in [5, 5.41) is 9.76. The molecule has 0 aromatic rings. The maximum absolute atomic E-state index is 11.2. The van der Waals surface area contributed by atoms with E-state index in [1.807, 2.05) is 6.92 Å². The summed E-state index contributed by atoms with van der Waals surface area (Å²) >= 11 is 0. The Kier molecular flexibility index (Phi) is 3.32. The number of aliphatic hydroxyl groups is 1. The SMILES string of the molecule is CC(=O)C(C)N1CCC(O)C(C)(C)C1. The third-order valence-corrected chi connectivity index (χ3v) is 3.34. The molecule has 1 heterocycles. The predicted molar refractivity (Wildman–Crippen MR) is 56.1 cm³/mol. The lowest BCUT2D eigenvalue weighted by Crippen LogP contribution is -2.52. The fraction of sp³-hybridized carbons (Fsp3) is 0.909. The molecule has 0 aliphatic carbocycles. The zero-order valence-corrected chi connectivity index (χ0v) is 9.58.